The highest BCUT2D eigenvalue weighted by Gasteiger charge is 2.18. The van der Waals surface area contributed by atoms with E-state index in [2.05, 4.69) is 26.3 Å². The monoisotopic (exact) mass is 318 g/mol. The molecule has 2 N–H and O–H groups in total. The molecule has 5 nitrogen and oxygen atoms in total. The van der Waals surface area contributed by atoms with Crippen molar-refractivity contribution in [2.75, 3.05) is 23.4 Å². The van der Waals surface area contributed by atoms with Crippen LogP contribution in [0.2, 0.25) is 5.02 Å². The molecule has 22 heavy (non-hydrogen) atoms. The van der Waals surface area contributed by atoms with E-state index in [9.17, 15) is 0 Å². The second-order valence-corrected chi connectivity index (χ2v) is 5.99. The SMILES string of the molecule is C[C@H](CO)Nc1nccc(N2CCc3cc(Cl)ccc3C2)n1. The Morgan fingerprint density at radius 2 is 2.23 bits per heavy atom. The van der Waals surface area contributed by atoms with Crippen molar-refractivity contribution in [1.82, 2.24) is 9.97 Å². The fourth-order valence-corrected chi connectivity index (χ4v) is 2.77. The van der Waals surface area contributed by atoms with Crippen molar-refractivity contribution >= 4 is 23.4 Å². The Bertz CT molecular complexity index is 664. The molecular weight excluding hydrogens is 300 g/mol. The zero-order valence-corrected chi connectivity index (χ0v) is 13.2. The van der Waals surface area contributed by atoms with E-state index in [1.165, 1.54) is 11.1 Å². The van der Waals surface area contributed by atoms with E-state index in [4.69, 9.17) is 16.7 Å². The molecule has 116 valence electrons. The predicted molar refractivity (Wildman–Crippen MR) is 88.4 cm³/mol. The van der Waals surface area contributed by atoms with E-state index >= 15 is 0 Å². The Balaban J connectivity index is 1.78. The quantitative estimate of drug-likeness (QED) is 0.907. The van der Waals surface area contributed by atoms with Gasteiger partial charge >= 0.3 is 0 Å². The fourth-order valence-electron chi connectivity index (χ4n) is 2.58. The van der Waals surface area contributed by atoms with Gasteiger partial charge in [0.2, 0.25) is 5.95 Å². The lowest BCUT2D eigenvalue weighted by Crippen LogP contribution is -2.31. The lowest BCUT2D eigenvalue weighted by molar-refractivity contribution is 0.281. The number of halogens is 1. The van der Waals surface area contributed by atoms with Crippen molar-refractivity contribution in [1.29, 1.82) is 0 Å². The number of aromatic nitrogens is 2. The summed E-state index contributed by atoms with van der Waals surface area (Å²) in [7, 11) is 0. The van der Waals surface area contributed by atoms with E-state index in [1.807, 2.05) is 25.1 Å². The minimum Gasteiger partial charge on any atom is -0.394 e. The molecule has 3 rings (SSSR count). The summed E-state index contributed by atoms with van der Waals surface area (Å²) in [5, 5.41) is 13.0. The molecule has 2 heterocycles. The van der Waals surface area contributed by atoms with Crippen molar-refractivity contribution in [3.05, 3.63) is 46.6 Å². The first-order valence-corrected chi connectivity index (χ1v) is 7.76. The lowest BCUT2D eigenvalue weighted by atomic mass is 10.00. The zero-order valence-electron chi connectivity index (χ0n) is 12.5. The summed E-state index contributed by atoms with van der Waals surface area (Å²) in [5.74, 6) is 1.43. The van der Waals surface area contributed by atoms with Crippen LogP contribution in [0.3, 0.4) is 0 Å². The summed E-state index contributed by atoms with van der Waals surface area (Å²) in [6, 6.07) is 7.90. The van der Waals surface area contributed by atoms with Crippen LogP contribution in [0.4, 0.5) is 11.8 Å². The van der Waals surface area contributed by atoms with Gasteiger partial charge in [0, 0.05) is 30.4 Å². The van der Waals surface area contributed by atoms with Gasteiger partial charge in [0.1, 0.15) is 5.82 Å². The Morgan fingerprint density at radius 1 is 1.36 bits per heavy atom. The third-order valence-electron chi connectivity index (χ3n) is 3.79. The Hall–Kier alpha value is -1.85. The summed E-state index contributed by atoms with van der Waals surface area (Å²) >= 11 is 6.05. The smallest absolute Gasteiger partial charge is 0.224 e. The van der Waals surface area contributed by atoms with Crippen LogP contribution >= 0.6 is 11.6 Å². The highest BCUT2D eigenvalue weighted by atomic mass is 35.5. The second-order valence-electron chi connectivity index (χ2n) is 5.55. The van der Waals surface area contributed by atoms with Gasteiger partial charge in [0.05, 0.1) is 6.61 Å². The Morgan fingerprint density at radius 3 is 3.05 bits per heavy atom. The Kier molecular flexibility index (Phi) is 4.45. The summed E-state index contributed by atoms with van der Waals surface area (Å²) in [5.41, 5.74) is 2.59. The van der Waals surface area contributed by atoms with Crippen molar-refractivity contribution in [2.24, 2.45) is 0 Å². The van der Waals surface area contributed by atoms with Crippen LogP contribution in [0.5, 0.6) is 0 Å². The molecule has 0 saturated heterocycles. The normalized spacial score (nSPS) is 15.3. The van der Waals surface area contributed by atoms with Gasteiger partial charge in [-0.2, -0.15) is 4.98 Å². The second kappa shape index (κ2) is 6.50. The average Bonchev–Trinajstić information content (AvgIpc) is 2.54. The molecule has 1 aliphatic heterocycles. The van der Waals surface area contributed by atoms with Crippen molar-refractivity contribution in [3.8, 4) is 0 Å². The molecule has 1 aliphatic rings. The minimum absolute atomic E-state index is 0.0471. The molecule has 0 bridgehead atoms. The molecule has 0 saturated carbocycles. The van der Waals surface area contributed by atoms with E-state index in [1.54, 1.807) is 6.20 Å². The summed E-state index contributed by atoms with van der Waals surface area (Å²) in [4.78, 5) is 11.0. The number of nitrogens with zero attached hydrogens (tertiary/aromatic N) is 3. The molecule has 1 aromatic carbocycles. The number of aliphatic hydroxyl groups excluding tert-OH is 1. The molecule has 0 unspecified atom stereocenters. The van der Waals surface area contributed by atoms with Gasteiger partial charge in [0.15, 0.2) is 0 Å². The van der Waals surface area contributed by atoms with Crippen LogP contribution in [0, 0.1) is 0 Å². The third-order valence-corrected chi connectivity index (χ3v) is 4.03. The topological polar surface area (TPSA) is 61.3 Å². The largest absolute Gasteiger partial charge is 0.394 e. The number of nitrogens with one attached hydrogen (secondary N) is 1. The van der Waals surface area contributed by atoms with Crippen molar-refractivity contribution in [3.63, 3.8) is 0 Å². The van der Waals surface area contributed by atoms with Crippen LogP contribution in [0.25, 0.3) is 0 Å². The molecule has 0 radical (unpaired) electrons. The summed E-state index contributed by atoms with van der Waals surface area (Å²) in [6.45, 7) is 3.65. The number of fused-ring (bicyclic) bond motifs is 1. The number of anilines is 2. The van der Waals surface area contributed by atoms with E-state index in [0.29, 0.717) is 5.95 Å². The first kappa shape index (κ1) is 15.1. The molecule has 1 atom stereocenters. The molecule has 2 aromatic rings. The van der Waals surface area contributed by atoms with Gasteiger partial charge in [0.25, 0.3) is 0 Å². The molecule has 0 spiro atoms. The molecular formula is C16H19ClN4O. The van der Waals surface area contributed by atoms with Crippen LogP contribution in [-0.4, -0.2) is 34.3 Å². The first-order valence-electron chi connectivity index (χ1n) is 7.38. The molecule has 0 fully saturated rings. The zero-order chi connectivity index (χ0) is 15.5. The summed E-state index contributed by atoms with van der Waals surface area (Å²) < 4.78 is 0. The minimum atomic E-state index is -0.0699. The maximum atomic E-state index is 9.11. The Labute approximate surface area is 135 Å². The molecule has 0 aliphatic carbocycles. The number of rotatable bonds is 4. The number of hydrogen-bond donors (Lipinski definition) is 2. The number of benzene rings is 1. The van der Waals surface area contributed by atoms with Gasteiger partial charge < -0.3 is 15.3 Å². The van der Waals surface area contributed by atoms with E-state index in [0.717, 1.165) is 30.4 Å². The van der Waals surface area contributed by atoms with Gasteiger partial charge in [-0.3, -0.25) is 0 Å². The molecule has 0 amide bonds. The van der Waals surface area contributed by atoms with Gasteiger partial charge in [-0.05, 0) is 42.7 Å². The third kappa shape index (κ3) is 3.31. The standard InChI is InChI=1S/C16H19ClN4O/c1-11(10-22)19-16-18-6-4-15(20-16)21-7-5-12-8-14(17)3-2-13(12)9-21/h2-4,6,8,11,22H,5,7,9-10H2,1H3,(H,18,19,20)/t11-/m1/s1. The number of aliphatic hydroxyl groups is 1. The van der Waals surface area contributed by atoms with Crippen LogP contribution < -0.4 is 10.2 Å². The number of hydrogen-bond acceptors (Lipinski definition) is 5. The van der Waals surface area contributed by atoms with Gasteiger partial charge in [-0.15, -0.1) is 0 Å². The average molecular weight is 319 g/mol. The van der Waals surface area contributed by atoms with Crippen LogP contribution in [0.15, 0.2) is 30.5 Å². The van der Waals surface area contributed by atoms with E-state index < -0.39 is 0 Å². The maximum Gasteiger partial charge on any atom is 0.224 e. The van der Waals surface area contributed by atoms with Crippen LogP contribution in [-0.2, 0) is 13.0 Å². The van der Waals surface area contributed by atoms with Gasteiger partial charge in [-0.25, -0.2) is 4.98 Å². The molecule has 1 aromatic heterocycles. The highest BCUT2D eigenvalue weighted by molar-refractivity contribution is 6.30. The highest BCUT2D eigenvalue weighted by Crippen LogP contribution is 2.25. The predicted octanol–water partition coefficient (Wildman–Crippen LogP) is 2.49. The van der Waals surface area contributed by atoms with Gasteiger partial charge in [-0.1, -0.05) is 17.7 Å². The van der Waals surface area contributed by atoms with Crippen molar-refractivity contribution < 1.29 is 5.11 Å². The lowest BCUT2D eigenvalue weighted by Gasteiger charge is -2.30. The van der Waals surface area contributed by atoms with E-state index in [-0.39, 0.29) is 12.6 Å². The summed E-state index contributed by atoms with van der Waals surface area (Å²) in [6.07, 6.45) is 2.70. The first-order chi connectivity index (χ1) is 10.7. The fraction of sp³-hybridized carbons (Fsp3) is 0.375. The molecule has 6 heteroatoms. The van der Waals surface area contributed by atoms with Crippen molar-refractivity contribution in [2.45, 2.75) is 25.9 Å². The maximum absolute atomic E-state index is 9.11. The van der Waals surface area contributed by atoms with Crippen LogP contribution in [0.1, 0.15) is 18.1 Å².